The van der Waals surface area contributed by atoms with Crippen molar-refractivity contribution in [2.45, 2.75) is 13.0 Å². The van der Waals surface area contributed by atoms with Gasteiger partial charge in [-0.3, -0.25) is 9.59 Å². The maximum Gasteiger partial charge on any atom is 0.252 e. The summed E-state index contributed by atoms with van der Waals surface area (Å²) >= 11 is 0. The number of carbonyl (C=O) groups excluding carboxylic acids is 2. The molecule has 2 heterocycles. The van der Waals surface area contributed by atoms with Gasteiger partial charge in [0.2, 0.25) is 11.8 Å². The van der Waals surface area contributed by atoms with Gasteiger partial charge in [-0.05, 0) is 29.5 Å². The van der Waals surface area contributed by atoms with Gasteiger partial charge in [0.25, 0.3) is 5.91 Å². The fourth-order valence-electron chi connectivity index (χ4n) is 3.20. The van der Waals surface area contributed by atoms with Gasteiger partial charge in [0.15, 0.2) is 0 Å². The Morgan fingerprint density at radius 2 is 2.19 bits per heavy atom. The number of nitrogens with zero attached hydrogens (tertiary/aromatic N) is 1. The van der Waals surface area contributed by atoms with E-state index in [4.69, 9.17) is 15.2 Å². The van der Waals surface area contributed by atoms with E-state index in [0.717, 1.165) is 5.39 Å². The number of benzene rings is 1. The highest BCUT2D eigenvalue weighted by molar-refractivity contribution is 6.01. The SMILES string of the molecule is COc1cc2c(OCC3NC(=O)C(CO)C3C)nccc2cc1C(N)=O. The molecule has 1 aliphatic rings. The number of carbonyl (C=O) groups is 2. The maximum absolute atomic E-state index is 11.8. The van der Waals surface area contributed by atoms with E-state index < -0.39 is 11.8 Å². The molecule has 0 aliphatic carbocycles. The van der Waals surface area contributed by atoms with E-state index in [1.807, 2.05) is 6.92 Å². The topological polar surface area (TPSA) is 124 Å². The minimum atomic E-state index is -0.583. The number of aliphatic hydroxyl groups excluding tert-OH is 1. The summed E-state index contributed by atoms with van der Waals surface area (Å²) in [6.45, 7) is 1.92. The van der Waals surface area contributed by atoms with Crippen molar-refractivity contribution in [1.82, 2.24) is 10.3 Å². The van der Waals surface area contributed by atoms with E-state index in [0.29, 0.717) is 17.0 Å². The van der Waals surface area contributed by atoms with Gasteiger partial charge in [0.1, 0.15) is 12.4 Å². The molecule has 3 unspecified atom stereocenters. The molecule has 3 rings (SSSR count). The summed E-state index contributed by atoms with van der Waals surface area (Å²) in [5.41, 5.74) is 5.67. The van der Waals surface area contributed by atoms with Crippen LogP contribution in [0, 0.1) is 11.8 Å². The van der Waals surface area contributed by atoms with Crippen LogP contribution in [0.2, 0.25) is 0 Å². The molecule has 1 aromatic carbocycles. The lowest BCUT2D eigenvalue weighted by atomic mass is 9.93. The van der Waals surface area contributed by atoms with E-state index in [9.17, 15) is 14.7 Å². The average Bonchev–Trinajstić information content (AvgIpc) is 2.91. The van der Waals surface area contributed by atoms with Gasteiger partial charge in [-0.2, -0.15) is 0 Å². The summed E-state index contributed by atoms with van der Waals surface area (Å²) in [6, 6.07) is 4.82. The van der Waals surface area contributed by atoms with Crippen molar-refractivity contribution in [3.63, 3.8) is 0 Å². The van der Waals surface area contributed by atoms with Crippen LogP contribution in [-0.4, -0.2) is 48.3 Å². The number of primary amides is 1. The molecule has 0 saturated carbocycles. The Morgan fingerprint density at radius 1 is 1.42 bits per heavy atom. The summed E-state index contributed by atoms with van der Waals surface area (Å²) in [5, 5.41) is 13.6. The Morgan fingerprint density at radius 3 is 2.81 bits per heavy atom. The molecule has 1 saturated heterocycles. The summed E-state index contributed by atoms with van der Waals surface area (Å²) in [7, 11) is 1.45. The number of fused-ring (bicyclic) bond motifs is 1. The van der Waals surface area contributed by atoms with Crippen LogP contribution in [0.15, 0.2) is 24.4 Å². The van der Waals surface area contributed by atoms with Crippen molar-refractivity contribution in [3.8, 4) is 11.6 Å². The monoisotopic (exact) mass is 359 g/mol. The molecule has 2 aromatic rings. The molecule has 138 valence electrons. The van der Waals surface area contributed by atoms with Crippen LogP contribution in [0.4, 0.5) is 0 Å². The lowest BCUT2D eigenvalue weighted by molar-refractivity contribution is -0.124. The number of pyridine rings is 1. The molecule has 1 aliphatic heterocycles. The zero-order valence-corrected chi connectivity index (χ0v) is 14.6. The number of nitrogens with one attached hydrogen (secondary N) is 1. The number of amides is 2. The van der Waals surface area contributed by atoms with Crippen LogP contribution in [0.5, 0.6) is 11.6 Å². The van der Waals surface area contributed by atoms with Gasteiger partial charge in [-0.25, -0.2) is 4.98 Å². The molecule has 0 spiro atoms. The third-order valence-electron chi connectivity index (χ3n) is 4.84. The first kappa shape index (κ1) is 17.9. The van der Waals surface area contributed by atoms with Gasteiger partial charge in [0.05, 0.1) is 31.2 Å². The highest BCUT2D eigenvalue weighted by Crippen LogP contribution is 2.31. The second kappa shape index (κ2) is 7.17. The van der Waals surface area contributed by atoms with Crippen LogP contribution in [0.3, 0.4) is 0 Å². The Labute approximate surface area is 150 Å². The lowest BCUT2D eigenvalue weighted by Gasteiger charge is -2.18. The molecule has 3 atom stereocenters. The van der Waals surface area contributed by atoms with Gasteiger partial charge >= 0.3 is 0 Å². The largest absolute Gasteiger partial charge is 0.496 e. The van der Waals surface area contributed by atoms with Crippen molar-refractivity contribution in [1.29, 1.82) is 0 Å². The molecule has 0 bridgehead atoms. The van der Waals surface area contributed by atoms with E-state index >= 15 is 0 Å². The second-order valence-electron chi connectivity index (χ2n) is 6.33. The van der Waals surface area contributed by atoms with Crippen molar-refractivity contribution in [3.05, 3.63) is 30.0 Å². The van der Waals surface area contributed by atoms with E-state index in [1.165, 1.54) is 7.11 Å². The Kier molecular flexibility index (Phi) is 4.94. The smallest absolute Gasteiger partial charge is 0.252 e. The molecule has 0 radical (unpaired) electrons. The predicted octanol–water partition coefficient (Wildman–Crippen LogP) is 0.464. The summed E-state index contributed by atoms with van der Waals surface area (Å²) in [5.74, 6) is -0.537. The fraction of sp³-hybridized carbons (Fsp3) is 0.389. The number of nitrogens with two attached hydrogens (primary N) is 1. The van der Waals surface area contributed by atoms with Gasteiger partial charge in [0, 0.05) is 11.6 Å². The quantitative estimate of drug-likeness (QED) is 0.688. The molecule has 4 N–H and O–H groups in total. The number of aromatic nitrogens is 1. The summed E-state index contributed by atoms with van der Waals surface area (Å²) in [4.78, 5) is 27.6. The van der Waals surface area contributed by atoms with E-state index in [2.05, 4.69) is 10.3 Å². The van der Waals surface area contributed by atoms with Crippen LogP contribution in [-0.2, 0) is 4.79 Å². The average molecular weight is 359 g/mol. The number of ether oxygens (including phenoxy) is 2. The Hall–Kier alpha value is -2.87. The Bertz CT molecular complexity index is 854. The van der Waals surface area contributed by atoms with Gasteiger partial charge in [-0.15, -0.1) is 0 Å². The fourth-order valence-corrected chi connectivity index (χ4v) is 3.20. The third kappa shape index (κ3) is 3.15. The summed E-state index contributed by atoms with van der Waals surface area (Å²) in [6.07, 6.45) is 1.57. The van der Waals surface area contributed by atoms with Crippen LogP contribution >= 0.6 is 0 Å². The number of aliphatic hydroxyl groups is 1. The van der Waals surface area contributed by atoms with Crippen LogP contribution in [0.25, 0.3) is 10.8 Å². The maximum atomic E-state index is 11.8. The molecule has 8 nitrogen and oxygen atoms in total. The first-order valence-corrected chi connectivity index (χ1v) is 8.26. The lowest BCUT2D eigenvalue weighted by Crippen LogP contribution is -2.34. The van der Waals surface area contributed by atoms with Crippen molar-refractivity contribution < 1.29 is 24.2 Å². The first-order valence-electron chi connectivity index (χ1n) is 8.26. The molecular formula is C18H21N3O5. The Balaban J connectivity index is 1.87. The van der Waals surface area contributed by atoms with E-state index in [-0.39, 0.29) is 36.6 Å². The minimum Gasteiger partial charge on any atom is -0.496 e. The van der Waals surface area contributed by atoms with Gasteiger partial charge in [-0.1, -0.05) is 6.92 Å². The highest BCUT2D eigenvalue weighted by atomic mass is 16.5. The van der Waals surface area contributed by atoms with Crippen molar-refractivity contribution in [2.75, 3.05) is 20.3 Å². The second-order valence-corrected chi connectivity index (χ2v) is 6.33. The standard InChI is InChI=1S/C18H21N3O5/c1-9-13(7-22)17(24)21-14(9)8-26-18-11-6-15(25-2)12(16(19)23)5-10(11)3-4-20-18/h3-6,9,13-14,22H,7-8H2,1-2H3,(H2,19,23)(H,21,24). The minimum absolute atomic E-state index is 0.0570. The predicted molar refractivity (Wildman–Crippen MR) is 94.0 cm³/mol. The molecule has 1 aromatic heterocycles. The van der Waals surface area contributed by atoms with Crippen LogP contribution in [0.1, 0.15) is 17.3 Å². The number of methoxy groups -OCH3 is 1. The van der Waals surface area contributed by atoms with Crippen molar-refractivity contribution in [2.24, 2.45) is 17.6 Å². The summed E-state index contributed by atoms with van der Waals surface area (Å²) < 4.78 is 11.1. The number of hydrogen-bond acceptors (Lipinski definition) is 6. The molecule has 2 amide bonds. The number of hydrogen-bond donors (Lipinski definition) is 3. The molecule has 1 fully saturated rings. The normalized spacial score (nSPS) is 22.3. The third-order valence-corrected chi connectivity index (χ3v) is 4.84. The zero-order chi connectivity index (χ0) is 18.8. The van der Waals surface area contributed by atoms with Crippen molar-refractivity contribution >= 4 is 22.6 Å². The molecule has 26 heavy (non-hydrogen) atoms. The highest BCUT2D eigenvalue weighted by Gasteiger charge is 2.39. The van der Waals surface area contributed by atoms with Gasteiger partial charge < -0.3 is 25.6 Å². The number of rotatable bonds is 6. The zero-order valence-electron chi connectivity index (χ0n) is 14.6. The first-order chi connectivity index (χ1) is 12.5. The molecular weight excluding hydrogens is 338 g/mol. The molecule has 8 heteroatoms. The van der Waals surface area contributed by atoms with Crippen LogP contribution < -0.4 is 20.5 Å². The van der Waals surface area contributed by atoms with E-state index in [1.54, 1.807) is 24.4 Å².